The van der Waals surface area contributed by atoms with E-state index < -0.39 is 11.4 Å². The third kappa shape index (κ3) is 7.80. The number of nitrogens with zero attached hydrogens (tertiary/aromatic N) is 1. The summed E-state index contributed by atoms with van der Waals surface area (Å²) in [6, 6.07) is 17.4. The van der Waals surface area contributed by atoms with Crippen LogP contribution in [0.5, 0.6) is 0 Å². The second-order valence-electron chi connectivity index (χ2n) is 9.42. The number of hydrogen-bond donors (Lipinski definition) is 1. The zero-order valence-electron chi connectivity index (χ0n) is 19.4. The first-order chi connectivity index (χ1) is 15.0. The van der Waals surface area contributed by atoms with Crippen molar-refractivity contribution in [3.63, 3.8) is 0 Å². The molecule has 0 bridgehead atoms. The molecule has 174 valence electrons. The van der Waals surface area contributed by atoms with E-state index in [4.69, 9.17) is 4.74 Å². The minimum absolute atomic E-state index is 0.0950. The molecule has 5 nitrogen and oxygen atoms in total. The molecule has 0 aliphatic carbocycles. The summed E-state index contributed by atoms with van der Waals surface area (Å²) in [6.07, 6.45) is 2.84. The lowest BCUT2D eigenvalue weighted by molar-refractivity contribution is -0.143. The Bertz CT molecular complexity index is 900. The molecule has 2 aromatic carbocycles. The molecule has 1 atom stereocenters. The number of ether oxygens (including phenoxy) is 1. The van der Waals surface area contributed by atoms with Gasteiger partial charge in [0.25, 0.3) is 0 Å². The molecule has 0 fully saturated rings. The predicted molar refractivity (Wildman–Crippen MR) is 136 cm³/mol. The zero-order valence-corrected chi connectivity index (χ0v) is 21.6. The fourth-order valence-corrected chi connectivity index (χ4v) is 4.45. The van der Waals surface area contributed by atoms with Crippen LogP contribution in [0.1, 0.15) is 57.6 Å². The fourth-order valence-electron chi connectivity index (χ4n) is 3.90. The van der Waals surface area contributed by atoms with Crippen molar-refractivity contribution < 1.29 is 19.4 Å². The standard InChI is InChI=1S/C26H34INO4/c1-25(2,19-28(4)24(31)32-18-20-11-6-5-7-12-20)15-8-9-16-26(3,23(29)30)21-13-10-14-22(27)17-21/h5-7,10-14,17H,8-9,15-16,18-19H2,1-4H3,(H,29,30)/t26-/m1/s1. The minimum atomic E-state index is -0.899. The number of hydrogen-bond acceptors (Lipinski definition) is 3. The summed E-state index contributed by atoms with van der Waals surface area (Å²) in [5.74, 6) is -0.792. The van der Waals surface area contributed by atoms with Crippen molar-refractivity contribution in [1.82, 2.24) is 4.90 Å². The lowest BCUT2D eigenvalue weighted by Gasteiger charge is -2.31. The van der Waals surface area contributed by atoms with E-state index in [0.717, 1.165) is 34.0 Å². The van der Waals surface area contributed by atoms with Crippen LogP contribution in [0, 0.1) is 8.99 Å². The van der Waals surface area contributed by atoms with Gasteiger partial charge in [0.1, 0.15) is 6.61 Å². The van der Waals surface area contributed by atoms with Crippen LogP contribution < -0.4 is 0 Å². The van der Waals surface area contributed by atoms with E-state index in [9.17, 15) is 14.7 Å². The molecule has 0 aromatic heterocycles. The number of carboxylic acid groups (broad SMARTS) is 1. The number of carbonyl (C=O) groups is 2. The Morgan fingerprint density at radius 1 is 1.00 bits per heavy atom. The lowest BCUT2D eigenvalue weighted by atomic mass is 9.77. The molecule has 32 heavy (non-hydrogen) atoms. The second-order valence-corrected chi connectivity index (χ2v) is 10.7. The predicted octanol–water partition coefficient (Wildman–Crippen LogP) is 6.49. The summed E-state index contributed by atoms with van der Waals surface area (Å²) >= 11 is 2.21. The molecule has 0 aliphatic heterocycles. The van der Waals surface area contributed by atoms with Crippen molar-refractivity contribution in [3.05, 3.63) is 69.3 Å². The highest BCUT2D eigenvalue weighted by Gasteiger charge is 2.35. The van der Waals surface area contributed by atoms with Gasteiger partial charge in [-0.3, -0.25) is 4.79 Å². The zero-order chi connectivity index (χ0) is 23.8. The average Bonchev–Trinajstić information content (AvgIpc) is 2.75. The highest BCUT2D eigenvalue weighted by molar-refractivity contribution is 14.1. The van der Waals surface area contributed by atoms with Crippen molar-refractivity contribution in [2.45, 2.75) is 58.5 Å². The molecular formula is C26H34INO4. The molecule has 0 saturated heterocycles. The van der Waals surface area contributed by atoms with Crippen LogP contribution in [0.4, 0.5) is 4.79 Å². The molecule has 2 aromatic rings. The molecule has 0 unspecified atom stereocenters. The largest absolute Gasteiger partial charge is 0.481 e. The summed E-state index contributed by atoms with van der Waals surface area (Å²) in [7, 11) is 1.76. The van der Waals surface area contributed by atoms with Gasteiger partial charge in [-0.05, 0) is 71.0 Å². The first-order valence-corrected chi connectivity index (χ1v) is 12.0. The Morgan fingerprint density at radius 3 is 2.28 bits per heavy atom. The van der Waals surface area contributed by atoms with Crippen molar-refractivity contribution in [2.24, 2.45) is 5.41 Å². The van der Waals surface area contributed by atoms with Crippen LogP contribution >= 0.6 is 22.6 Å². The maximum atomic E-state index is 12.4. The molecule has 0 radical (unpaired) electrons. The SMILES string of the molecule is CN(CC(C)(C)CCCC[C@@](C)(C(=O)O)c1cccc(I)c1)C(=O)OCc1ccccc1. The van der Waals surface area contributed by atoms with Gasteiger partial charge in [0.2, 0.25) is 0 Å². The van der Waals surface area contributed by atoms with Crippen molar-refractivity contribution >= 4 is 34.7 Å². The summed E-state index contributed by atoms with van der Waals surface area (Å²) in [5.41, 5.74) is 0.811. The van der Waals surface area contributed by atoms with E-state index >= 15 is 0 Å². The molecule has 1 amide bonds. The number of rotatable bonds is 11. The number of benzene rings is 2. The van der Waals surface area contributed by atoms with Crippen LogP contribution in [0.3, 0.4) is 0 Å². The molecule has 0 aliphatic rings. The van der Waals surface area contributed by atoms with Gasteiger partial charge in [0, 0.05) is 17.2 Å². The average molecular weight is 551 g/mol. The summed E-state index contributed by atoms with van der Waals surface area (Å²) in [6.45, 7) is 6.90. The second kappa shape index (κ2) is 11.7. The first kappa shape index (κ1) is 26.2. The summed E-state index contributed by atoms with van der Waals surface area (Å²) in [5, 5.41) is 9.89. The quantitative estimate of drug-likeness (QED) is 0.256. The van der Waals surface area contributed by atoms with Crippen molar-refractivity contribution in [1.29, 1.82) is 0 Å². The van der Waals surface area contributed by atoms with Gasteiger partial charge < -0.3 is 14.7 Å². The molecule has 6 heteroatoms. The van der Waals surface area contributed by atoms with Gasteiger partial charge >= 0.3 is 12.1 Å². The minimum Gasteiger partial charge on any atom is -0.481 e. The van der Waals surface area contributed by atoms with Gasteiger partial charge in [0.05, 0.1) is 5.41 Å². The third-order valence-electron chi connectivity index (χ3n) is 5.90. The number of halogens is 1. The van der Waals surface area contributed by atoms with E-state index in [0.29, 0.717) is 13.0 Å². The lowest BCUT2D eigenvalue weighted by Crippen LogP contribution is -2.36. The topological polar surface area (TPSA) is 66.8 Å². The van der Waals surface area contributed by atoms with E-state index in [1.807, 2.05) is 61.5 Å². The maximum absolute atomic E-state index is 12.4. The summed E-state index contributed by atoms with van der Waals surface area (Å²) in [4.78, 5) is 26.0. The Kier molecular flexibility index (Phi) is 9.55. The van der Waals surface area contributed by atoms with Gasteiger partial charge in [-0.15, -0.1) is 0 Å². The monoisotopic (exact) mass is 551 g/mol. The van der Waals surface area contributed by atoms with Gasteiger partial charge in [-0.1, -0.05) is 69.2 Å². The number of amides is 1. The third-order valence-corrected chi connectivity index (χ3v) is 6.57. The van der Waals surface area contributed by atoms with E-state index in [2.05, 4.69) is 36.4 Å². The van der Waals surface area contributed by atoms with E-state index in [1.165, 1.54) is 0 Å². The highest BCUT2D eigenvalue weighted by Crippen LogP contribution is 2.33. The molecule has 0 spiro atoms. The molecule has 0 heterocycles. The van der Waals surface area contributed by atoms with Crippen LogP contribution in [-0.4, -0.2) is 35.7 Å². The Hall–Kier alpha value is -2.09. The smallest absolute Gasteiger partial charge is 0.409 e. The number of unbranched alkanes of at least 4 members (excludes halogenated alkanes) is 1. The molecule has 1 N–H and O–H groups in total. The Labute approximate surface area is 205 Å². The normalized spacial score (nSPS) is 13.3. The number of carbonyl (C=O) groups excluding carboxylic acids is 1. The van der Waals surface area contributed by atoms with Crippen LogP contribution in [-0.2, 0) is 21.6 Å². The van der Waals surface area contributed by atoms with Crippen LogP contribution in [0.2, 0.25) is 0 Å². The first-order valence-electron chi connectivity index (χ1n) is 10.9. The fraction of sp³-hybridized carbons (Fsp3) is 0.462. The van der Waals surface area contributed by atoms with Gasteiger partial charge in [0.15, 0.2) is 0 Å². The van der Waals surface area contributed by atoms with Gasteiger partial charge in [-0.25, -0.2) is 4.79 Å². The van der Waals surface area contributed by atoms with Crippen LogP contribution in [0.15, 0.2) is 54.6 Å². The van der Waals surface area contributed by atoms with E-state index in [-0.39, 0.29) is 18.1 Å². The van der Waals surface area contributed by atoms with Crippen LogP contribution in [0.25, 0.3) is 0 Å². The Morgan fingerprint density at radius 2 is 1.66 bits per heavy atom. The summed E-state index contributed by atoms with van der Waals surface area (Å²) < 4.78 is 6.45. The molecule has 0 saturated carbocycles. The van der Waals surface area contributed by atoms with Crippen molar-refractivity contribution in [2.75, 3.05) is 13.6 Å². The van der Waals surface area contributed by atoms with Gasteiger partial charge in [-0.2, -0.15) is 0 Å². The number of aliphatic carboxylic acids is 1. The highest BCUT2D eigenvalue weighted by atomic mass is 127. The Balaban J connectivity index is 1.82. The van der Waals surface area contributed by atoms with E-state index in [1.54, 1.807) is 11.9 Å². The molecule has 2 rings (SSSR count). The number of carboxylic acids is 1. The van der Waals surface area contributed by atoms with Crippen molar-refractivity contribution in [3.8, 4) is 0 Å². The maximum Gasteiger partial charge on any atom is 0.409 e. The molecular weight excluding hydrogens is 517 g/mol.